The van der Waals surface area contributed by atoms with E-state index in [1.807, 2.05) is 28.9 Å². The third-order valence-electron chi connectivity index (χ3n) is 2.50. The predicted octanol–water partition coefficient (Wildman–Crippen LogP) is 2.56. The molecule has 2 rings (SSSR count). The number of fused-ring (bicyclic) bond motifs is 1. The van der Waals surface area contributed by atoms with Crippen LogP contribution in [-0.4, -0.2) is 20.5 Å². The van der Waals surface area contributed by atoms with E-state index in [4.69, 9.17) is 5.11 Å². The second-order valence-electron chi connectivity index (χ2n) is 4.22. The number of pyridine rings is 1. The Hall–Kier alpha value is -2.10. The van der Waals surface area contributed by atoms with Crippen LogP contribution in [0.25, 0.3) is 11.7 Å². The van der Waals surface area contributed by atoms with Gasteiger partial charge in [-0.25, -0.2) is 9.78 Å². The number of hydrogen-bond donors (Lipinski definition) is 1. The van der Waals surface area contributed by atoms with E-state index in [0.29, 0.717) is 5.92 Å². The first-order chi connectivity index (χ1) is 8.06. The summed E-state index contributed by atoms with van der Waals surface area (Å²) in [5.41, 5.74) is 2.75. The van der Waals surface area contributed by atoms with E-state index in [-0.39, 0.29) is 0 Å². The van der Waals surface area contributed by atoms with Gasteiger partial charge in [0, 0.05) is 18.5 Å². The molecule has 2 heterocycles. The van der Waals surface area contributed by atoms with Crippen LogP contribution in [0.3, 0.4) is 0 Å². The molecule has 0 aliphatic carbocycles. The van der Waals surface area contributed by atoms with Gasteiger partial charge in [0.15, 0.2) is 0 Å². The van der Waals surface area contributed by atoms with Crippen LogP contribution in [0.4, 0.5) is 0 Å². The zero-order valence-corrected chi connectivity index (χ0v) is 9.79. The molecule has 2 aromatic heterocycles. The van der Waals surface area contributed by atoms with E-state index in [2.05, 4.69) is 18.8 Å². The van der Waals surface area contributed by atoms with Gasteiger partial charge in [0.2, 0.25) is 0 Å². The molecule has 0 aromatic carbocycles. The second-order valence-corrected chi connectivity index (χ2v) is 4.22. The highest BCUT2D eigenvalue weighted by Crippen LogP contribution is 2.15. The van der Waals surface area contributed by atoms with Gasteiger partial charge in [-0.15, -0.1) is 0 Å². The Balaban J connectivity index is 2.40. The van der Waals surface area contributed by atoms with Crippen LogP contribution in [0.15, 0.2) is 30.6 Å². The molecule has 0 amide bonds. The monoisotopic (exact) mass is 230 g/mol. The molecule has 88 valence electrons. The molecule has 4 nitrogen and oxygen atoms in total. The predicted molar refractivity (Wildman–Crippen MR) is 66.0 cm³/mol. The lowest BCUT2D eigenvalue weighted by Crippen LogP contribution is -1.87. The van der Waals surface area contributed by atoms with Gasteiger partial charge in [-0.05, 0) is 29.7 Å². The van der Waals surface area contributed by atoms with Crippen LogP contribution in [0.1, 0.15) is 31.0 Å². The summed E-state index contributed by atoms with van der Waals surface area (Å²) in [6.07, 6.45) is 6.53. The highest BCUT2D eigenvalue weighted by atomic mass is 16.4. The smallest absolute Gasteiger partial charge is 0.328 e. The Morgan fingerprint density at radius 3 is 2.82 bits per heavy atom. The van der Waals surface area contributed by atoms with Crippen molar-refractivity contribution in [3.8, 4) is 0 Å². The largest absolute Gasteiger partial charge is 0.478 e. The Kier molecular flexibility index (Phi) is 2.95. The fourth-order valence-corrected chi connectivity index (χ4v) is 1.57. The van der Waals surface area contributed by atoms with Crippen LogP contribution in [0.2, 0.25) is 0 Å². The average Bonchev–Trinajstić information content (AvgIpc) is 2.69. The zero-order valence-electron chi connectivity index (χ0n) is 9.79. The minimum Gasteiger partial charge on any atom is -0.478 e. The van der Waals surface area contributed by atoms with Gasteiger partial charge in [0.1, 0.15) is 5.65 Å². The Bertz CT molecular complexity index is 582. The van der Waals surface area contributed by atoms with Gasteiger partial charge < -0.3 is 9.51 Å². The summed E-state index contributed by atoms with van der Waals surface area (Å²) in [7, 11) is 0. The first-order valence-corrected chi connectivity index (χ1v) is 5.46. The lowest BCUT2D eigenvalue weighted by atomic mass is 10.2. The molecule has 4 heteroatoms. The molecule has 2 aromatic rings. The molecule has 0 atom stereocenters. The van der Waals surface area contributed by atoms with Crippen LogP contribution < -0.4 is 0 Å². The summed E-state index contributed by atoms with van der Waals surface area (Å²) in [5.74, 6) is -0.563. The van der Waals surface area contributed by atoms with E-state index in [9.17, 15) is 4.79 Å². The fourth-order valence-electron chi connectivity index (χ4n) is 1.57. The summed E-state index contributed by atoms with van der Waals surface area (Å²) in [6, 6.07) is 3.74. The standard InChI is InChI=1S/C13H14N2O2/c1-9(2)11-8-15-7-10(4-6-13(16)17)3-5-12(15)14-11/h3-9H,1-2H3,(H,16,17)/b6-4+. The number of carboxylic acids is 1. The lowest BCUT2D eigenvalue weighted by Gasteiger charge is -1.95. The third kappa shape index (κ3) is 2.53. The first kappa shape index (κ1) is 11.4. The van der Waals surface area contributed by atoms with Gasteiger partial charge in [0.05, 0.1) is 5.69 Å². The number of carbonyl (C=O) groups is 1. The normalized spacial score (nSPS) is 11.7. The Morgan fingerprint density at radius 2 is 2.18 bits per heavy atom. The number of imidazole rings is 1. The summed E-state index contributed by atoms with van der Waals surface area (Å²) in [6.45, 7) is 4.18. The molecule has 17 heavy (non-hydrogen) atoms. The van der Waals surface area contributed by atoms with Crippen molar-refractivity contribution in [1.82, 2.24) is 9.38 Å². The van der Waals surface area contributed by atoms with Crippen molar-refractivity contribution < 1.29 is 9.90 Å². The minimum absolute atomic E-state index is 0.382. The van der Waals surface area contributed by atoms with E-state index >= 15 is 0 Å². The van der Waals surface area contributed by atoms with Crippen LogP contribution >= 0.6 is 0 Å². The molecule has 0 aliphatic rings. The van der Waals surface area contributed by atoms with Gasteiger partial charge in [-0.1, -0.05) is 13.8 Å². The molecule has 0 radical (unpaired) electrons. The average molecular weight is 230 g/mol. The third-order valence-corrected chi connectivity index (χ3v) is 2.50. The SMILES string of the molecule is CC(C)c1cn2cc(/C=C/C(=O)O)ccc2n1. The van der Waals surface area contributed by atoms with E-state index in [0.717, 1.165) is 23.0 Å². The number of hydrogen-bond acceptors (Lipinski definition) is 2. The summed E-state index contributed by atoms with van der Waals surface area (Å²) >= 11 is 0. The van der Waals surface area contributed by atoms with Crippen molar-refractivity contribution in [3.05, 3.63) is 41.9 Å². The lowest BCUT2D eigenvalue weighted by molar-refractivity contribution is -0.131. The number of carboxylic acid groups (broad SMARTS) is 1. The summed E-state index contributed by atoms with van der Waals surface area (Å²) in [5, 5.41) is 8.56. The molecule has 0 fully saturated rings. The maximum Gasteiger partial charge on any atom is 0.328 e. The quantitative estimate of drug-likeness (QED) is 0.824. The van der Waals surface area contributed by atoms with Gasteiger partial charge >= 0.3 is 5.97 Å². The second kappa shape index (κ2) is 4.41. The minimum atomic E-state index is -0.946. The zero-order chi connectivity index (χ0) is 12.4. The molecular weight excluding hydrogens is 216 g/mol. The van der Waals surface area contributed by atoms with Gasteiger partial charge in [-0.2, -0.15) is 0 Å². The fraction of sp³-hybridized carbons (Fsp3) is 0.231. The molecule has 0 aliphatic heterocycles. The van der Waals surface area contributed by atoms with E-state index < -0.39 is 5.97 Å². The summed E-state index contributed by atoms with van der Waals surface area (Å²) < 4.78 is 1.91. The Labute approximate surface area is 99.2 Å². The number of rotatable bonds is 3. The van der Waals surface area contributed by atoms with Crippen molar-refractivity contribution in [2.24, 2.45) is 0 Å². The maximum atomic E-state index is 10.4. The highest BCUT2D eigenvalue weighted by Gasteiger charge is 2.05. The number of nitrogens with zero attached hydrogens (tertiary/aromatic N) is 2. The molecule has 0 saturated carbocycles. The topological polar surface area (TPSA) is 54.6 Å². The van der Waals surface area contributed by atoms with Crippen LogP contribution in [-0.2, 0) is 4.79 Å². The molecule has 0 saturated heterocycles. The van der Waals surface area contributed by atoms with Gasteiger partial charge in [0.25, 0.3) is 0 Å². The molecular formula is C13H14N2O2. The Morgan fingerprint density at radius 1 is 1.41 bits per heavy atom. The van der Waals surface area contributed by atoms with Crippen molar-refractivity contribution in [1.29, 1.82) is 0 Å². The van der Waals surface area contributed by atoms with Crippen molar-refractivity contribution in [2.75, 3.05) is 0 Å². The maximum absolute atomic E-state index is 10.4. The highest BCUT2D eigenvalue weighted by molar-refractivity contribution is 5.85. The van der Waals surface area contributed by atoms with Gasteiger partial charge in [-0.3, -0.25) is 0 Å². The molecule has 0 bridgehead atoms. The van der Waals surface area contributed by atoms with E-state index in [1.165, 1.54) is 0 Å². The molecule has 1 N–H and O–H groups in total. The molecule has 0 unspecified atom stereocenters. The number of aliphatic carboxylic acids is 1. The van der Waals surface area contributed by atoms with E-state index in [1.54, 1.807) is 6.08 Å². The molecule has 0 spiro atoms. The van der Waals surface area contributed by atoms with Crippen molar-refractivity contribution in [3.63, 3.8) is 0 Å². The van der Waals surface area contributed by atoms with Crippen LogP contribution in [0, 0.1) is 0 Å². The van der Waals surface area contributed by atoms with Crippen molar-refractivity contribution in [2.45, 2.75) is 19.8 Å². The number of aromatic nitrogens is 2. The first-order valence-electron chi connectivity index (χ1n) is 5.46. The summed E-state index contributed by atoms with van der Waals surface area (Å²) in [4.78, 5) is 14.9. The van der Waals surface area contributed by atoms with Crippen LogP contribution in [0.5, 0.6) is 0 Å². The van der Waals surface area contributed by atoms with Crippen molar-refractivity contribution >= 4 is 17.7 Å².